The van der Waals surface area contributed by atoms with E-state index in [0.29, 0.717) is 33.7 Å². The Morgan fingerprint density at radius 3 is 2.29 bits per heavy atom. The Morgan fingerprint density at radius 2 is 1.58 bits per heavy atom. The fourth-order valence-electron chi connectivity index (χ4n) is 3.20. The Labute approximate surface area is 175 Å². The van der Waals surface area contributed by atoms with Crippen molar-refractivity contribution in [2.45, 2.75) is 0 Å². The molecule has 3 aromatic carbocycles. The van der Waals surface area contributed by atoms with E-state index in [1.165, 1.54) is 11.1 Å². The van der Waals surface area contributed by atoms with E-state index in [2.05, 4.69) is 15.3 Å². The van der Waals surface area contributed by atoms with Gasteiger partial charge in [0, 0.05) is 10.9 Å². The number of carbonyl (C=O) groups excluding carboxylic acids is 1. The van der Waals surface area contributed by atoms with E-state index in [-0.39, 0.29) is 11.3 Å². The van der Waals surface area contributed by atoms with Crippen LogP contribution < -0.4 is 10.3 Å². The van der Waals surface area contributed by atoms with Gasteiger partial charge in [-0.15, -0.1) is 10.2 Å². The molecule has 0 atom stereocenters. The van der Waals surface area contributed by atoms with Crippen LogP contribution in [-0.2, 0) is 0 Å². The second kappa shape index (κ2) is 7.68. The molecule has 0 N–H and O–H groups in total. The monoisotopic (exact) mass is 410 g/mol. The van der Waals surface area contributed by atoms with Gasteiger partial charge in [0.05, 0.1) is 11.1 Å². The number of aromatic nitrogens is 4. The number of rotatable bonds is 4. The third-order valence-corrected chi connectivity index (χ3v) is 4.67. The standard InChI is InChI=1S/C23H14N4O4/c28-22-19-9-5-4-8-18(19)20(26-27(22)16-6-2-1-3-7-16)23(29)31-17-12-10-15(11-13-17)21-25-24-14-30-21/h1-14H. The van der Waals surface area contributed by atoms with Crippen LogP contribution in [0.5, 0.6) is 5.75 Å². The Bertz CT molecular complexity index is 1430. The summed E-state index contributed by atoms with van der Waals surface area (Å²) in [7, 11) is 0. The molecular weight excluding hydrogens is 396 g/mol. The molecule has 0 radical (unpaired) electrons. The molecule has 5 rings (SSSR count). The maximum Gasteiger partial charge on any atom is 0.364 e. The Morgan fingerprint density at radius 1 is 0.871 bits per heavy atom. The lowest BCUT2D eigenvalue weighted by Gasteiger charge is -2.11. The third-order valence-electron chi connectivity index (χ3n) is 4.67. The molecule has 8 heteroatoms. The largest absolute Gasteiger partial charge is 0.423 e. The molecule has 0 saturated heterocycles. The van der Waals surface area contributed by atoms with Gasteiger partial charge in [-0.1, -0.05) is 36.4 Å². The smallest absolute Gasteiger partial charge is 0.364 e. The van der Waals surface area contributed by atoms with Crippen molar-refractivity contribution in [2.75, 3.05) is 0 Å². The number of benzene rings is 3. The molecule has 0 spiro atoms. The van der Waals surface area contributed by atoms with Crippen molar-refractivity contribution < 1.29 is 13.9 Å². The van der Waals surface area contributed by atoms with Gasteiger partial charge in [0.1, 0.15) is 5.75 Å². The third kappa shape index (κ3) is 3.46. The molecule has 31 heavy (non-hydrogen) atoms. The van der Waals surface area contributed by atoms with Gasteiger partial charge in [-0.3, -0.25) is 4.79 Å². The fraction of sp³-hybridized carbons (Fsp3) is 0. The molecule has 0 amide bonds. The summed E-state index contributed by atoms with van der Waals surface area (Å²) in [6, 6.07) is 22.4. The highest BCUT2D eigenvalue weighted by atomic mass is 16.5. The molecule has 150 valence electrons. The molecule has 2 aromatic heterocycles. The first-order valence-electron chi connectivity index (χ1n) is 9.37. The second-order valence-electron chi connectivity index (χ2n) is 6.60. The molecule has 5 aromatic rings. The van der Waals surface area contributed by atoms with Crippen molar-refractivity contribution in [1.29, 1.82) is 0 Å². The number of ether oxygens (including phenoxy) is 1. The number of nitrogens with zero attached hydrogens (tertiary/aromatic N) is 4. The average Bonchev–Trinajstić information content (AvgIpc) is 3.35. The van der Waals surface area contributed by atoms with Gasteiger partial charge in [-0.05, 0) is 42.5 Å². The summed E-state index contributed by atoms with van der Waals surface area (Å²) in [6.45, 7) is 0. The predicted octanol–water partition coefficient (Wildman–Crippen LogP) is 3.65. The molecule has 0 aliphatic carbocycles. The van der Waals surface area contributed by atoms with E-state index in [0.717, 1.165) is 0 Å². The molecule has 0 aliphatic rings. The van der Waals surface area contributed by atoms with E-state index >= 15 is 0 Å². The summed E-state index contributed by atoms with van der Waals surface area (Å²) >= 11 is 0. The first-order valence-corrected chi connectivity index (χ1v) is 9.37. The molecule has 0 saturated carbocycles. The second-order valence-corrected chi connectivity index (χ2v) is 6.60. The summed E-state index contributed by atoms with van der Waals surface area (Å²) in [6.07, 6.45) is 1.24. The van der Waals surface area contributed by atoms with Crippen LogP contribution in [0.25, 0.3) is 27.9 Å². The normalized spacial score (nSPS) is 10.8. The van der Waals surface area contributed by atoms with Crippen LogP contribution in [-0.4, -0.2) is 25.9 Å². The summed E-state index contributed by atoms with van der Waals surface area (Å²) in [5.41, 5.74) is 0.969. The molecule has 2 heterocycles. The van der Waals surface area contributed by atoms with Crippen LogP contribution in [0.3, 0.4) is 0 Å². The summed E-state index contributed by atoms with van der Waals surface area (Å²) < 4.78 is 11.9. The lowest BCUT2D eigenvalue weighted by Crippen LogP contribution is -2.25. The van der Waals surface area contributed by atoms with E-state index < -0.39 is 5.97 Å². The van der Waals surface area contributed by atoms with Crippen molar-refractivity contribution in [3.63, 3.8) is 0 Å². The Balaban J connectivity index is 1.54. The number of fused-ring (bicyclic) bond motifs is 1. The topological polar surface area (TPSA) is 100 Å². The lowest BCUT2D eigenvalue weighted by atomic mass is 10.1. The van der Waals surface area contributed by atoms with Crippen molar-refractivity contribution in [1.82, 2.24) is 20.0 Å². The van der Waals surface area contributed by atoms with Crippen molar-refractivity contribution >= 4 is 16.7 Å². The van der Waals surface area contributed by atoms with Crippen LogP contribution in [0.1, 0.15) is 10.5 Å². The van der Waals surface area contributed by atoms with E-state index in [1.807, 2.05) is 6.07 Å². The van der Waals surface area contributed by atoms with Gasteiger partial charge in [-0.2, -0.15) is 9.78 Å². The maximum atomic E-state index is 13.0. The van der Waals surface area contributed by atoms with Crippen LogP contribution in [0, 0.1) is 0 Å². The summed E-state index contributed by atoms with van der Waals surface area (Å²) in [5, 5.41) is 12.6. The van der Waals surface area contributed by atoms with Gasteiger partial charge in [0.2, 0.25) is 12.3 Å². The minimum atomic E-state index is -0.675. The lowest BCUT2D eigenvalue weighted by molar-refractivity contribution is 0.0729. The van der Waals surface area contributed by atoms with Crippen molar-refractivity contribution in [3.05, 3.63) is 101 Å². The molecule has 8 nitrogen and oxygen atoms in total. The van der Waals surface area contributed by atoms with Crippen LogP contribution in [0.4, 0.5) is 0 Å². The van der Waals surface area contributed by atoms with E-state index in [1.54, 1.807) is 72.8 Å². The zero-order valence-electron chi connectivity index (χ0n) is 16.0. The molecular formula is C23H14N4O4. The first-order chi connectivity index (χ1) is 15.2. The zero-order chi connectivity index (χ0) is 21.2. The highest BCUT2D eigenvalue weighted by molar-refractivity contribution is 6.03. The Hall–Kier alpha value is -4.59. The minimum Gasteiger partial charge on any atom is -0.423 e. The quantitative estimate of drug-likeness (QED) is 0.329. The number of esters is 1. The zero-order valence-corrected chi connectivity index (χ0v) is 16.0. The molecule has 0 aliphatic heterocycles. The number of hydrogen-bond acceptors (Lipinski definition) is 7. The van der Waals surface area contributed by atoms with E-state index in [4.69, 9.17) is 9.15 Å². The van der Waals surface area contributed by atoms with Gasteiger partial charge in [0.25, 0.3) is 5.56 Å². The average molecular weight is 410 g/mol. The van der Waals surface area contributed by atoms with Gasteiger partial charge < -0.3 is 9.15 Å². The van der Waals surface area contributed by atoms with Gasteiger partial charge >= 0.3 is 5.97 Å². The highest BCUT2D eigenvalue weighted by Gasteiger charge is 2.19. The molecule has 0 unspecified atom stereocenters. The van der Waals surface area contributed by atoms with Crippen molar-refractivity contribution in [3.8, 4) is 22.9 Å². The first kappa shape index (κ1) is 18.4. The highest BCUT2D eigenvalue weighted by Crippen LogP contribution is 2.22. The number of para-hydroxylation sites is 1. The van der Waals surface area contributed by atoms with E-state index in [9.17, 15) is 9.59 Å². The number of carbonyl (C=O) groups is 1. The predicted molar refractivity (Wildman–Crippen MR) is 112 cm³/mol. The van der Waals surface area contributed by atoms with Crippen LogP contribution in [0.15, 0.2) is 94.5 Å². The van der Waals surface area contributed by atoms with Gasteiger partial charge in [-0.25, -0.2) is 4.79 Å². The SMILES string of the molecule is O=C(Oc1ccc(-c2nnco2)cc1)c1nn(-c2ccccc2)c(=O)c2ccccc12. The maximum absolute atomic E-state index is 13.0. The summed E-state index contributed by atoms with van der Waals surface area (Å²) in [4.78, 5) is 25.9. The van der Waals surface area contributed by atoms with Crippen molar-refractivity contribution in [2.24, 2.45) is 0 Å². The fourth-order valence-corrected chi connectivity index (χ4v) is 3.20. The molecule has 0 fully saturated rings. The van der Waals surface area contributed by atoms with Crippen LogP contribution >= 0.6 is 0 Å². The van der Waals surface area contributed by atoms with Gasteiger partial charge in [0.15, 0.2) is 5.69 Å². The minimum absolute atomic E-state index is 0.0417. The Kier molecular flexibility index (Phi) is 4.57. The molecule has 0 bridgehead atoms. The number of hydrogen-bond donors (Lipinski definition) is 0. The summed E-state index contributed by atoms with van der Waals surface area (Å²) in [5.74, 6) is 0.00324. The van der Waals surface area contributed by atoms with Crippen LogP contribution in [0.2, 0.25) is 0 Å².